The molecule has 0 saturated carbocycles. The van der Waals surface area contributed by atoms with E-state index < -0.39 is 24.3 Å². The van der Waals surface area contributed by atoms with Crippen LogP contribution in [0.1, 0.15) is 27.9 Å². The molecule has 202 valence electrons. The largest absolute Gasteiger partial charge is 0.390 e. The Morgan fingerprint density at radius 1 is 1.05 bits per heavy atom. The second-order valence-electron chi connectivity index (χ2n) is 9.17. The zero-order valence-electron chi connectivity index (χ0n) is 20.8. The number of amides is 1. The molecule has 0 unspecified atom stereocenters. The molecule has 0 spiro atoms. The quantitative estimate of drug-likeness (QED) is 0.331. The fourth-order valence-electron chi connectivity index (χ4n) is 4.26. The van der Waals surface area contributed by atoms with Gasteiger partial charge in [0.25, 0.3) is 5.91 Å². The third kappa shape index (κ3) is 7.35. The number of alkyl halides is 3. The third-order valence-corrected chi connectivity index (χ3v) is 6.67. The lowest BCUT2D eigenvalue weighted by Gasteiger charge is -2.37. The van der Waals surface area contributed by atoms with Gasteiger partial charge in [-0.2, -0.15) is 13.2 Å². The maximum absolute atomic E-state index is 14.9. The number of hydrogen-bond donors (Lipinski definition) is 2. The molecule has 38 heavy (non-hydrogen) atoms. The maximum Gasteiger partial charge on any atom is 0.390 e. The average Bonchev–Trinajstić information content (AvgIpc) is 2.88. The van der Waals surface area contributed by atoms with Crippen LogP contribution in [0.4, 0.5) is 34.6 Å². The van der Waals surface area contributed by atoms with E-state index in [0.717, 1.165) is 11.3 Å². The van der Waals surface area contributed by atoms with Crippen LogP contribution in [0, 0.1) is 12.7 Å². The molecule has 1 saturated heterocycles. The van der Waals surface area contributed by atoms with Crippen LogP contribution < -0.4 is 15.5 Å². The van der Waals surface area contributed by atoms with Gasteiger partial charge in [-0.05, 0) is 54.4 Å². The second kappa shape index (κ2) is 12.0. The van der Waals surface area contributed by atoms with Crippen molar-refractivity contribution in [2.75, 3.05) is 48.3 Å². The summed E-state index contributed by atoms with van der Waals surface area (Å²) in [5, 5.41) is 6.42. The van der Waals surface area contributed by atoms with E-state index >= 15 is 0 Å². The van der Waals surface area contributed by atoms with E-state index in [4.69, 9.17) is 11.6 Å². The van der Waals surface area contributed by atoms with Crippen LogP contribution >= 0.6 is 11.6 Å². The van der Waals surface area contributed by atoms with Crippen LogP contribution in [0.2, 0.25) is 5.02 Å². The zero-order valence-corrected chi connectivity index (χ0v) is 21.5. The Kier molecular flexibility index (Phi) is 8.73. The lowest BCUT2D eigenvalue weighted by molar-refractivity contribution is -0.138. The highest BCUT2D eigenvalue weighted by Crippen LogP contribution is 2.31. The second-order valence-corrected chi connectivity index (χ2v) is 9.60. The molecule has 2 aromatic carbocycles. The number of hydrogen-bond acceptors (Lipinski definition) is 5. The summed E-state index contributed by atoms with van der Waals surface area (Å²) in [6, 6.07) is 11.2. The molecule has 0 aliphatic carbocycles. The summed E-state index contributed by atoms with van der Waals surface area (Å²) in [7, 11) is 0. The van der Waals surface area contributed by atoms with E-state index in [1.165, 1.54) is 12.1 Å². The summed E-state index contributed by atoms with van der Waals surface area (Å²) in [6.07, 6.45) is -1.66. The number of rotatable bonds is 8. The molecule has 1 amide bonds. The smallest absolute Gasteiger partial charge is 0.380 e. The van der Waals surface area contributed by atoms with E-state index in [9.17, 15) is 22.4 Å². The average molecular weight is 550 g/mol. The number of aromatic nitrogens is 1. The lowest BCUT2D eigenvalue weighted by Crippen LogP contribution is -2.47. The fraction of sp³-hybridized carbons (Fsp3) is 0.333. The molecule has 0 bridgehead atoms. The summed E-state index contributed by atoms with van der Waals surface area (Å²) >= 11 is 6.20. The number of anilines is 3. The van der Waals surface area contributed by atoms with Gasteiger partial charge < -0.3 is 15.5 Å². The van der Waals surface area contributed by atoms with E-state index in [0.29, 0.717) is 54.7 Å². The van der Waals surface area contributed by atoms with Gasteiger partial charge in [-0.25, -0.2) is 4.39 Å². The number of carbonyl (C=O) groups is 1. The van der Waals surface area contributed by atoms with Crippen molar-refractivity contribution < 1.29 is 22.4 Å². The highest BCUT2D eigenvalue weighted by Gasteiger charge is 2.29. The van der Waals surface area contributed by atoms with Gasteiger partial charge in [0.2, 0.25) is 0 Å². The molecule has 2 N–H and O–H groups in total. The molecule has 1 fully saturated rings. The molecule has 1 aliphatic heterocycles. The van der Waals surface area contributed by atoms with Crippen LogP contribution in [0.25, 0.3) is 0 Å². The van der Waals surface area contributed by atoms with Gasteiger partial charge in [0.15, 0.2) is 0 Å². The molecule has 1 aromatic heterocycles. The predicted molar refractivity (Wildman–Crippen MR) is 141 cm³/mol. The number of benzene rings is 2. The Bertz CT molecular complexity index is 1280. The Balaban J connectivity index is 1.41. The SMILES string of the molecule is Cc1ccncc1NCc1ccc(C(=O)Nc2ccc(Cl)cc2N2CCN(CCC(F)(F)F)CC2)c(F)c1. The van der Waals surface area contributed by atoms with Gasteiger partial charge in [0.05, 0.1) is 35.2 Å². The standard InChI is InChI=1S/C27H28ClF4N5O/c1-18-6-8-33-17-24(18)34-16-19-2-4-21(22(29)14-19)26(38)35-23-5-3-20(28)15-25(23)37-12-10-36(11-13-37)9-7-27(30,31)32/h2-6,8,14-15,17,34H,7,9-13,16H2,1H3,(H,35,38). The fourth-order valence-corrected chi connectivity index (χ4v) is 4.42. The number of nitrogens with zero attached hydrogens (tertiary/aromatic N) is 3. The van der Waals surface area contributed by atoms with Crippen LogP contribution in [0.3, 0.4) is 0 Å². The summed E-state index contributed by atoms with van der Waals surface area (Å²) in [6.45, 7) is 4.07. The first kappa shape index (κ1) is 27.7. The van der Waals surface area contributed by atoms with Crippen molar-refractivity contribution in [3.05, 3.63) is 82.4 Å². The number of piperazine rings is 1. The molecule has 0 radical (unpaired) electrons. The molecule has 4 rings (SSSR count). The Morgan fingerprint density at radius 3 is 2.50 bits per heavy atom. The minimum Gasteiger partial charge on any atom is -0.380 e. The summed E-state index contributed by atoms with van der Waals surface area (Å²) in [4.78, 5) is 20.8. The minimum atomic E-state index is -4.19. The van der Waals surface area contributed by atoms with Crippen LogP contribution in [0.15, 0.2) is 54.9 Å². The molecule has 6 nitrogen and oxygen atoms in total. The highest BCUT2D eigenvalue weighted by atomic mass is 35.5. The molecular weight excluding hydrogens is 522 g/mol. The summed E-state index contributed by atoms with van der Waals surface area (Å²) in [5.41, 5.74) is 3.49. The first-order valence-corrected chi connectivity index (χ1v) is 12.5. The summed E-state index contributed by atoms with van der Waals surface area (Å²) in [5.74, 6) is -1.27. The Morgan fingerprint density at radius 2 is 1.82 bits per heavy atom. The van der Waals surface area contributed by atoms with Crippen LogP contribution in [-0.4, -0.2) is 54.7 Å². The number of halogens is 5. The summed E-state index contributed by atoms with van der Waals surface area (Å²) < 4.78 is 52.6. The first-order valence-electron chi connectivity index (χ1n) is 12.2. The normalized spacial score (nSPS) is 14.4. The van der Waals surface area contributed by atoms with E-state index in [2.05, 4.69) is 15.6 Å². The third-order valence-electron chi connectivity index (χ3n) is 6.43. The van der Waals surface area contributed by atoms with Crippen LogP contribution in [0.5, 0.6) is 0 Å². The van der Waals surface area contributed by atoms with Gasteiger partial charge in [-0.15, -0.1) is 0 Å². The molecule has 1 aliphatic rings. The number of carbonyl (C=O) groups excluding carboxylic acids is 1. The molecule has 2 heterocycles. The molecular formula is C27H28ClF4N5O. The van der Waals surface area contributed by atoms with Crippen molar-refractivity contribution >= 4 is 34.6 Å². The Labute approximate surface area is 223 Å². The van der Waals surface area contributed by atoms with Gasteiger partial charge in [0, 0.05) is 50.5 Å². The van der Waals surface area contributed by atoms with Crippen molar-refractivity contribution in [1.82, 2.24) is 9.88 Å². The van der Waals surface area contributed by atoms with Gasteiger partial charge in [-0.1, -0.05) is 17.7 Å². The van der Waals surface area contributed by atoms with Crippen LogP contribution in [-0.2, 0) is 6.54 Å². The van der Waals surface area contributed by atoms with Gasteiger partial charge in [-0.3, -0.25) is 14.7 Å². The topological polar surface area (TPSA) is 60.5 Å². The van der Waals surface area contributed by atoms with Crippen molar-refractivity contribution in [3.63, 3.8) is 0 Å². The predicted octanol–water partition coefficient (Wildman–Crippen LogP) is 6.12. The molecule has 11 heteroatoms. The van der Waals surface area contributed by atoms with E-state index in [-0.39, 0.29) is 12.1 Å². The molecule has 0 atom stereocenters. The van der Waals surface area contributed by atoms with Crippen molar-refractivity contribution in [2.24, 2.45) is 0 Å². The molecule has 3 aromatic rings. The van der Waals surface area contributed by atoms with Crippen molar-refractivity contribution in [3.8, 4) is 0 Å². The highest BCUT2D eigenvalue weighted by molar-refractivity contribution is 6.31. The monoisotopic (exact) mass is 549 g/mol. The first-order chi connectivity index (χ1) is 18.1. The van der Waals surface area contributed by atoms with Crippen molar-refractivity contribution in [1.29, 1.82) is 0 Å². The Hall–Kier alpha value is -3.37. The number of pyridine rings is 1. The minimum absolute atomic E-state index is 0.0525. The van der Waals surface area contributed by atoms with E-state index in [1.807, 2.05) is 17.9 Å². The number of nitrogens with one attached hydrogen (secondary N) is 2. The van der Waals surface area contributed by atoms with Crippen molar-refractivity contribution in [2.45, 2.75) is 26.1 Å². The maximum atomic E-state index is 14.9. The van der Waals surface area contributed by atoms with E-state index in [1.54, 1.807) is 41.6 Å². The van der Waals surface area contributed by atoms with Gasteiger partial charge in [0.1, 0.15) is 5.82 Å². The lowest BCUT2D eigenvalue weighted by atomic mass is 10.1. The number of aryl methyl sites for hydroxylation is 1. The van der Waals surface area contributed by atoms with Gasteiger partial charge >= 0.3 is 6.18 Å². The zero-order chi connectivity index (χ0) is 27.3.